The van der Waals surface area contributed by atoms with Crippen LogP contribution < -0.4 is 5.73 Å². The molecule has 0 radical (unpaired) electrons. The molecule has 1 aromatic carbocycles. The second-order valence-corrected chi connectivity index (χ2v) is 4.00. The molecule has 68 valence electrons. The van der Waals surface area contributed by atoms with Gasteiger partial charge in [-0.3, -0.25) is 4.79 Å². The van der Waals surface area contributed by atoms with E-state index in [4.69, 9.17) is 5.73 Å². The second kappa shape index (κ2) is 2.59. The summed E-state index contributed by atoms with van der Waals surface area (Å²) >= 11 is 0. The van der Waals surface area contributed by atoms with Crippen LogP contribution in [-0.4, -0.2) is 5.91 Å². The highest BCUT2D eigenvalue weighted by Crippen LogP contribution is 2.47. The summed E-state index contributed by atoms with van der Waals surface area (Å²) in [7, 11) is 0. The van der Waals surface area contributed by atoms with E-state index in [1.54, 1.807) is 12.1 Å². The quantitative estimate of drug-likeness (QED) is 0.732. The number of benzene rings is 1. The lowest BCUT2D eigenvalue weighted by atomic mass is 9.97. The highest BCUT2D eigenvalue weighted by molar-refractivity contribution is 5.92. The van der Waals surface area contributed by atoms with Gasteiger partial charge < -0.3 is 5.73 Å². The van der Waals surface area contributed by atoms with Crippen LogP contribution in [0.2, 0.25) is 0 Å². The number of amides is 1. The van der Waals surface area contributed by atoms with E-state index >= 15 is 0 Å². The van der Waals surface area contributed by atoms with E-state index in [1.807, 2.05) is 12.1 Å². The van der Waals surface area contributed by atoms with Crippen molar-refractivity contribution >= 4 is 5.91 Å². The fraction of sp³-hybridized carbons (Fsp3) is 0.364. The van der Waals surface area contributed by atoms with Gasteiger partial charge in [-0.25, -0.2) is 0 Å². The monoisotopic (exact) mass is 175 g/mol. The molecule has 0 aromatic heterocycles. The molecule has 0 spiro atoms. The van der Waals surface area contributed by atoms with Crippen LogP contribution >= 0.6 is 0 Å². The first-order valence-corrected chi connectivity index (χ1v) is 4.52. The molecule has 2 nitrogen and oxygen atoms in total. The maximum absolute atomic E-state index is 10.8. The molecular weight excluding hydrogens is 162 g/mol. The number of hydrogen-bond donors (Lipinski definition) is 1. The summed E-state index contributed by atoms with van der Waals surface area (Å²) in [6, 6.07) is 7.63. The number of primary amides is 1. The molecule has 0 bridgehead atoms. The zero-order chi connectivity index (χ0) is 9.47. The van der Waals surface area contributed by atoms with Crippen molar-refractivity contribution in [2.75, 3.05) is 0 Å². The minimum atomic E-state index is -0.354. The lowest BCUT2D eigenvalue weighted by Crippen LogP contribution is -2.11. The molecule has 2 N–H and O–H groups in total. The molecule has 1 aliphatic carbocycles. The standard InChI is InChI=1S/C11H13NO/c1-11(6-7-11)9-4-2-8(3-5-9)10(12)13/h2-5H,6-7H2,1H3,(H2,12,13). The van der Waals surface area contributed by atoms with Crippen LogP contribution in [0.4, 0.5) is 0 Å². The number of nitrogens with two attached hydrogens (primary N) is 1. The van der Waals surface area contributed by atoms with Crippen molar-refractivity contribution < 1.29 is 4.79 Å². The normalized spacial score (nSPS) is 18.2. The second-order valence-electron chi connectivity index (χ2n) is 4.00. The summed E-state index contributed by atoms with van der Waals surface area (Å²) in [6.45, 7) is 2.24. The van der Waals surface area contributed by atoms with Gasteiger partial charge in [0.25, 0.3) is 0 Å². The van der Waals surface area contributed by atoms with Crippen LogP contribution in [0.25, 0.3) is 0 Å². The van der Waals surface area contributed by atoms with Gasteiger partial charge in [-0.2, -0.15) is 0 Å². The molecule has 13 heavy (non-hydrogen) atoms. The summed E-state index contributed by atoms with van der Waals surface area (Å²) in [5.74, 6) is -0.354. The van der Waals surface area contributed by atoms with Gasteiger partial charge in [0.2, 0.25) is 5.91 Å². The Labute approximate surface area is 77.8 Å². The van der Waals surface area contributed by atoms with E-state index in [2.05, 4.69) is 6.92 Å². The van der Waals surface area contributed by atoms with Crippen LogP contribution in [0.1, 0.15) is 35.7 Å². The molecule has 0 unspecified atom stereocenters. The Morgan fingerprint density at radius 1 is 1.31 bits per heavy atom. The zero-order valence-corrected chi connectivity index (χ0v) is 7.71. The van der Waals surface area contributed by atoms with Crippen LogP contribution in [-0.2, 0) is 5.41 Å². The average Bonchev–Trinajstić information content (AvgIpc) is 2.85. The SMILES string of the molecule is CC1(c2ccc(C(N)=O)cc2)CC1. The topological polar surface area (TPSA) is 43.1 Å². The minimum Gasteiger partial charge on any atom is -0.366 e. The Bertz CT molecular complexity index is 336. The van der Waals surface area contributed by atoms with Crippen LogP contribution in [0.5, 0.6) is 0 Å². The van der Waals surface area contributed by atoms with Crippen molar-refractivity contribution in [3.63, 3.8) is 0 Å². The van der Waals surface area contributed by atoms with Crippen molar-refractivity contribution in [2.24, 2.45) is 5.73 Å². The zero-order valence-electron chi connectivity index (χ0n) is 7.71. The molecule has 1 amide bonds. The number of carbonyl (C=O) groups is 1. The number of hydrogen-bond acceptors (Lipinski definition) is 1. The Morgan fingerprint density at radius 2 is 1.85 bits per heavy atom. The van der Waals surface area contributed by atoms with Crippen molar-refractivity contribution in [3.8, 4) is 0 Å². The molecule has 0 aliphatic heterocycles. The highest BCUT2D eigenvalue weighted by atomic mass is 16.1. The molecule has 1 fully saturated rings. The lowest BCUT2D eigenvalue weighted by Gasteiger charge is -2.08. The van der Waals surface area contributed by atoms with Crippen molar-refractivity contribution in [2.45, 2.75) is 25.2 Å². The molecule has 2 rings (SSSR count). The summed E-state index contributed by atoms with van der Waals surface area (Å²) in [6.07, 6.45) is 2.51. The third-order valence-corrected chi connectivity index (χ3v) is 2.87. The average molecular weight is 175 g/mol. The Morgan fingerprint density at radius 3 is 2.23 bits per heavy atom. The molecule has 0 atom stereocenters. The minimum absolute atomic E-state index is 0.354. The van der Waals surface area contributed by atoms with Crippen LogP contribution in [0.3, 0.4) is 0 Å². The van der Waals surface area contributed by atoms with Crippen molar-refractivity contribution in [1.82, 2.24) is 0 Å². The summed E-state index contributed by atoms with van der Waals surface area (Å²) < 4.78 is 0. The van der Waals surface area contributed by atoms with Gasteiger partial charge in [0.05, 0.1) is 0 Å². The van der Waals surface area contributed by atoms with E-state index < -0.39 is 0 Å². The molecule has 0 heterocycles. The van der Waals surface area contributed by atoms with Gasteiger partial charge in [0, 0.05) is 5.56 Å². The van der Waals surface area contributed by atoms with Gasteiger partial charge in [0.1, 0.15) is 0 Å². The van der Waals surface area contributed by atoms with Crippen LogP contribution in [0, 0.1) is 0 Å². The Balaban J connectivity index is 2.28. The predicted octanol–water partition coefficient (Wildman–Crippen LogP) is 1.84. The molecule has 1 saturated carbocycles. The first-order valence-electron chi connectivity index (χ1n) is 4.52. The van der Waals surface area contributed by atoms with Gasteiger partial charge >= 0.3 is 0 Å². The Hall–Kier alpha value is -1.31. The Kier molecular flexibility index (Phi) is 1.65. The van der Waals surface area contributed by atoms with Gasteiger partial charge in [-0.1, -0.05) is 19.1 Å². The van der Waals surface area contributed by atoms with E-state index in [1.165, 1.54) is 18.4 Å². The number of rotatable bonds is 2. The van der Waals surface area contributed by atoms with Gasteiger partial charge in [0.15, 0.2) is 0 Å². The maximum atomic E-state index is 10.8. The summed E-state index contributed by atoms with van der Waals surface area (Å²) in [5.41, 5.74) is 7.43. The fourth-order valence-corrected chi connectivity index (χ4v) is 1.51. The van der Waals surface area contributed by atoms with E-state index in [0.717, 1.165) is 0 Å². The van der Waals surface area contributed by atoms with E-state index in [0.29, 0.717) is 11.0 Å². The first-order chi connectivity index (χ1) is 6.12. The first kappa shape index (κ1) is 8.30. The van der Waals surface area contributed by atoms with Gasteiger partial charge in [-0.15, -0.1) is 0 Å². The molecule has 1 aliphatic rings. The number of carbonyl (C=O) groups excluding carboxylic acids is 1. The third-order valence-electron chi connectivity index (χ3n) is 2.87. The lowest BCUT2D eigenvalue weighted by molar-refractivity contribution is 0.100. The van der Waals surface area contributed by atoms with Crippen molar-refractivity contribution in [3.05, 3.63) is 35.4 Å². The molecule has 2 heteroatoms. The highest BCUT2D eigenvalue weighted by Gasteiger charge is 2.38. The third kappa shape index (κ3) is 1.44. The molecular formula is C11H13NO. The van der Waals surface area contributed by atoms with Crippen LogP contribution in [0.15, 0.2) is 24.3 Å². The van der Waals surface area contributed by atoms with Gasteiger partial charge in [-0.05, 0) is 36.0 Å². The largest absolute Gasteiger partial charge is 0.366 e. The smallest absolute Gasteiger partial charge is 0.248 e. The summed E-state index contributed by atoms with van der Waals surface area (Å²) in [5, 5.41) is 0. The van der Waals surface area contributed by atoms with E-state index in [-0.39, 0.29) is 5.91 Å². The molecule has 1 aromatic rings. The summed E-state index contributed by atoms with van der Waals surface area (Å²) in [4.78, 5) is 10.8. The van der Waals surface area contributed by atoms with Crippen molar-refractivity contribution in [1.29, 1.82) is 0 Å². The van der Waals surface area contributed by atoms with E-state index in [9.17, 15) is 4.79 Å². The fourth-order valence-electron chi connectivity index (χ4n) is 1.51. The predicted molar refractivity (Wildman–Crippen MR) is 51.5 cm³/mol. The molecule has 0 saturated heterocycles. The maximum Gasteiger partial charge on any atom is 0.248 e.